The first kappa shape index (κ1) is 13.2. The third kappa shape index (κ3) is 2.62. The number of rotatable bonds is 3. The first-order valence-electron chi connectivity index (χ1n) is 6.11. The van der Waals surface area contributed by atoms with Gasteiger partial charge in [0, 0.05) is 49.9 Å². The molecule has 0 aromatic heterocycles. The number of ether oxygens (including phenoxy) is 1. The molecule has 1 fully saturated rings. The second-order valence-electron chi connectivity index (χ2n) is 4.47. The third-order valence-corrected chi connectivity index (χ3v) is 3.41. The highest BCUT2D eigenvalue weighted by molar-refractivity contribution is 5.32. The van der Waals surface area contributed by atoms with E-state index in [-0.39, 0.29) is 17.4 Å². The molecule has 0 amide bonds. The molecule has 1 atom stereocenters. The Bertz CT molecular complexity index is 396. The number of nitrogens with zero attached hydrogens (tertiary/aromatic N) is 1. The first-order valence-corrected chi connectivity index (χ1v) is 6.11. The van der Waals surface area contributed by atoms with Crippen LogP contribution in [0.3, 0.4) is 0 Å². The number of piperazine rings is 1. The zero-order valence-corrected chi connectivity index (χ0v) is 10.7. The molecule has 0 aliphatic carbocycles. The monoisotopic (exact) mass is 256 g/mol. The van der Waals surface area contributed by atoms with E-state index >= 15 is 0 Å². The van der Waals surface area contributed by atoms with E-state index in [1.807, 2.05) is 6.92 Å². The van der Waals surface area contributed by atoms with Crippen LogP contribution < -0.4 is 10.1 Å². The fraction of sp³-hybridized carbons (Fsp3) is 0.538. The zero-order chi connectivity index (χ0) is 13.1. The van der Waals surface area contributed by atoms with Crippen LogP contribution in [0.2, 0.25) is 0 Å². The fourth-order valence-electron chi connectivity index (χ4n) is 2.33. The average Bonchev–Trinajstić information content (AvgIpc) is 2.38. The van der Waals surface area contributed by atoms with Gasteiger partial charge < -0.3 is 10.1 Å². The van der Waals surface area contributed by atoms with Gasteiger partial charge in [-0.15, -0.1) is 0 Å². The van der Waals surface area contributed by atoms with Gasteiger partial charge in [0.2, 0.25) is 0 Å². The summed E-state index contributed by atoms with van der Waals surface area (Å²) in [5.41, 5.74) is 0.123. The summed E-state index contributed by atoms with van der Waals surface area (Å²) in [7, 11) is 1.40. The van der Waals surface area contributed by atoms with Crippen molar-refractivity contribution in [2.45, 2.75) is 13.0 Å². The molecule has 18 heavy (non-hydrogen) atoms. The molecule has 1 N–H and O–H groups in total. The first-order chi connectivity index (χ1) is 8.63. The van der Waals surface area contributed by atoms with E-state index in [1.165, 1.54) is 19.2 Å². The predicted octanol–water partition coefficient (Wildman–Crippen LogP) is 1.94. The summed E-state index contributed by atoms with van der Waals surface area (Å²) in [6.45, 7) is 5.13. The maximum absolute atomic E-state index is 13.9. The summed E-state index contributed by atoms with van der Waals surface area (Å²) in [5.74, 6) is -0.878. The summed E-state index contributed by atoms with van der Waals surface area (Å²) in [6.07, 6.45) is 0. The average molecular weight is 256 g/mol. The lowest BCUT2D eigenvalue weighted by molar-refractivity contribution is 0.178. The van der Waals surface area contributed by atoms with Crippen LogP contribution in [0, 0.1) is 11.6 Å². The Morgan fingerprint density at radius 2 is 1.78 bits per heavy atom. The second-order valence-corrected chi connectivity index (χ2v) is 4.47. The molecule has 5 heteroatoms. The molecule has 3 nitrogen and oxygen atoms in total. The van der Waals surface area contributed by atoms with Crippen molar-refractivity contribution in [2.75, 3.05) is 33.3 Å². The molecule has 0 radical (unpaired) electrons. The summed E-state index contributed by atoms with van der Waals surface area (Å²) in [6, 6.07) is 2.20. The van der Waals surface area contributed by atoms with E-state index in [2.05, 4.69) is 10.2 Å². The van der Waals surface area contributed by atoms with E-state index in [9.17, 15) is 8.78 Å². The maximum Gasteiger partial charge on any atom is 0.134 e. The normalized spacial score (nSPS) is 18.7. The fourth-order valence-corrected chi connectivity index (χ4v) is 2.33. The van der Waals surface area contributed by atoms with E-state index in [1.54, 1.807) is 0 Å². The van der Waals surface area contributed by atoms with Crippen LogP contribution in [-0.4, -0.2) is 38.2 Å². The van der Waals surface area contributed by atoms with Crippen molar-refractivity contribution in [3.05, 3.63) is 29.3 Å². The largest absolute Gasteiger partial charge is 0.497 e. The highest BCUT2D eigenvalue weighted by Gasteiger charge is 2.24. The van der Waals surface area contributed by atoms with Crippen molar-refractivity contribution < 1.29 is 13.5 Å². The molecule has 0 spiro atoms. The molecule has 1 heterocycles. The Labute approximate surface area is 106 Å². The number of hydrogen-bond acceptors (Lipinski definition) is 3. The smallest absolute Gasteiger partial charge is 0.134 e. The molecule has 0 saturated carbocycles. The van der Waals surface area contributed by atoms with Crippen LogP contribution >= 0.6 is 0 Å². The summed E-state index contributed by atoms with van der Waals surface area (Å²) >= 11 is 0. The number of hydrogen-bond donors (Lipinski definition) is 1. The molecule has 1 aliphatic heterocycles. The van der Waals surface area contributed by atoms with E-state index in [4.69, 9.17) is 4.74 Å². The Morgan fingerprint density at radius 1 is 1.22 bits per heavy atom. The van der Waals surface area contributed by atoms with Gasteiger partial charge in [0.05, 0.1) is 7.11 Å². The van der Waals surface area contributed by atoms with Gasteiger partial charge in [-0.1, -0.05) is 0 Å². The van der Waals surface area contributed by atoms with E-state index in [0.717, 1.165) is 26.2 Å². The molecule has 1 aliphatic rings. The van der Waals surface area contributed by atoms with Crippen molar-refractivity contribution in [3.63, 3.8) is 0 Å². The minimum atomic E-state index is -0.544. The summed E-state index contributed by atoms with van der Waals surface area (Å²) in [5, 5.41) is 3.22. The molecule has 1 aromatic carbocycles. The van der Waals surface area contributed by atoms with Crippen LogP contribution in [0.4, 0.5) is 8.78 Å². The Hall–Kier alpha value is -1.20. The van der Waals surface area contributed by atoms with Gasteiger partial charge in [0.25, 0.3) is 0 Å². The maximum atomic E-state index is 13.9. The topological polar surface area (TPSA) is 24.5 Å². The molecule has 1 aromatic rings. The van der Waals surface area contributed by atoms with Crippen LogP contribution in [0.5, 0.6) is 5.75 Å². The zero-order valence-electron chi connectivity index (χ0n) is 10.7. The minimum absolute atomic E-state index is 0.123. The van der Waals surface area contributed by atoms with Crippen LogP contribution in [-0.2, 0) is 0 Å². The molecule has 2 rings (SSSR count). The molecular weight excluding hydrogens is 238 g/mol. The van der Waals surface area contributed by atoms with Gasteiger partial charge >= 0.3 is 0 Å². The molecule has 0 bridgehead atoms. The van der Waals surface area contributed by atoms with Crippen molar-refractivity contribution in [1.82, 2.24) is 10.2 Å². The van der Waals surface area contributed by atoms with Crippen LogP contribution in [0.25, 0.3) is 0 Å². The lowest BCUT2D eigenvalue weighted by atomic mass is 10.0. The van der Waals surface area contributed by atoms with Crippen molar-refractivity contribution in [2.24, 2.45) is 0 Å². The quantitative estimate of drug-likeness (QED) is 0.894. The van der Waals surface area contributed by atoms with Crippen molar-refractivity contribution >= 4 is 0 Å². The van der Waals surface area contributed by atoms with Crippen LogP contribution in [0.15, 0.2) is 12.1 Å². The van der Waals surface area contributed by atoms with Gasteiger partial charge in [0.1, 0.15) is 17.4 Å². The van der Waals surface area contributed by atoms with Crippen LogP contribution in [0.1, 0.15) is 18.5 Å². The lowest BCUT2D eigenvalue weighted by Gasteiger charge is -2.33. The summed E-state index contributed by atoms with van der Waals surface area (Å²) < 4.78 is 32.7. The Balaban J connectivity index is 2.26. The predicted molar refractivity (Wildman–Crippen MR) is 65.8 cm³/mol. The van der Waals surface area contributed by atoms with E-state index < -0.39 is 11.6 Å². The Morgan fingerprint density at radius 3 is 2.28 bits per heavy atom. The number of halogens is 2. The third-order valence-electron chi connectivity index (χ3n) is 3.41. The highest BCUT2D eigenvalue weighted by Crippen LogP contribution is 2.29. The molecule has 1 saturated heterocycles. The summed E-state index contributed by atoms with van der Waals surface area (Å²) in [4.78, 5) is 2.07. The SMILES string of the molecule is COc1cc(F)c([C@H](C)N2CCNCC2)c(F)c1. The van der Waals surface area contributed by atoms with Gasteiger partial charge in [0.15, 0.2) is 0 Å². The van der Waals surface area contributed by atoms with Gasteiger partial charge in [-0.05, 0) is 6.92 Å². The number of nitrogens with one attached hydrogen (secondary N) is 1. The highest BCUT2D eigenvalue weighted by atomic mass is 19.1. The van der Waals surface area contributed by atoms with Crippen molar-refractivity contribution in [3.8, 4) is 5.75 Å². The van der Waals surface area contributed by atoms with Crippen molar-refractivity contribution in [1.29, 1.82) is 0 Å². The van der Waals surface area contributed by atoms with E-state index in [0.29, 0.717) is 0 Å². The molecular formula is C13H18F2N2O. The van der Waals surface area contributed by atoms with Gasteiger partial charge in [-0.25, -0.2) is 8.78 Å². The number of methoxy groups -OCH3 is 1. The lowest BCUT2D eigenvalue weighted by Crippen LogP contribution is -2.44. The standard InChI is InChI=1S/C13H18F2N2O/c1-9(17-5-3-16-4-6-17)13-11(14)7-10(18-2)8-12(13)15/h7-9,16H,3-6H2,1-2H3/t9-/m0/s1. The molecule has 100 valence electrons. The second kappa shape index (κ2) is 5.63. The minimum Gasteiger partial charge on any atom is -0.497 e. The van der Waals surface area contributed by atoms with Gasteiger partial charge in [-0.2, -0.15) is 0 Å². The van der Waals surface area contributed by atoms with Gasteiger partial charge in [-0.3, -0.25) is 4.90 Å². The molecule has 0 unspecified atom stereocenters. The Kier molecular flexibility index (Phi) is 4.14. The number of benzene rings is 1.